The van der Waals surface area contributed by atoms with Crippen molar-refractivity contribution >= 4 is 23.6 Å². The second-order valence-electron chi connectivity index (χ2n) is 5.29. The molecule has 0 saturated heterocycles. The van der Waals surface area contributed by atoms with Crippen molar-refractivity contribution in [3.63, 3.8) is 0 Å². The highest BCUT2D eigenvalue weighted by atomic mass is 35.5. The van der Waals surface area contributed by atoms with E-state index >= 15 is 0 Å². The summed E-state index contributed by atoms with van der Waals surface area (Å²) >= 11 is 5.81. The van der Waals surface area contributed by atoms with Crippen molar-refractivity contribution < 1.29 is 9.53 Å². The number of amides is 1. The molecule has 0 atom stereocenters. The number of hydrogen-bond donors (Lipinski definition) is 1. The Balaban J connectivity index is 1.74. The lowest BCUT2D eigenvalue weighted by molar-refractivity contribution is -0.116. The van der Waals surface area contributed by atoms with Gasteiger partial charge in [0.2, 0.25) is 5.91 Å². The van der Waals surface area contributed by atoms with Crippen molar-refractivity contribution in [1.82, 2.24) is 5.32 Å². The van der Waals surface area contributed by atoms with Crippen molar-refractivity contribution in [3.05, 3.63) is 70.3 Å². The van der Waals surface area contributed by atoms with Crippen molar-refractivity contribution in [3.8, 4) is 5.75 Å². The fourth-order valence-electron chi connectivity index (χ4n) is 2.00. The Bertz CT molecular complexity index is 693. The number of halogens is 1. The summed E-state index contributed by atoms with van der Waals surface area (Å²) in [6.45, 7) is 4.92. The van der Waals surface area contributed by atoms with Crippen LogP contribution >= 0.6 is 11.6 Å². The second-order valence-corrected chi connectivity index (χ2v) is 5.73. The molecule has 0 radical (unpaired) electrons. The first-order valence-corrected chi connectivity index (χ1v) is 7.84. The molecule has 0 aliphatic carbocycles. The van der Waals surface area contributed by atoms with Gasteiger partial charge in [0, 0.05) is 11.1 Å². The third kappa shape index (κ3) is 5.80. The zero-order chi connectivity index (χ0) is 16.7. The van der Waals surface area contributed by atoms with Crippen molar-refractivity contribution in [2.24, 2.45) is 0 Å². The number of nitrogens with one attached hydrogen (secondary N) is 1. The molecule has 0 aromatic heterocycles. The van der Waals surface area contributed by atoms with Gasteiger partial charge >= 0.3 is 0 Å². The summed E-state index contributed by atoms with van der Waals surface area (Å²) in [7, 11) is 0. The maximum atomic E-state index is 11.7. The Kier molecular flexibility index (Phi) is 6.24. The maximum absolute atomic E-state index is 11.7. The molecule has 0 spiro atoms. The molecule has 0 unspecified atom stereocenters. The van der Waals surface area contributed by atoms with Crippen LogP contribution in [0.2, 0.25) is 5.02 Å². The number of rotatable bonds is 6. The van der Waals surface area contributed by atoms with E-state index in [2.05, 4.69) is 5.32 Å². The molecule has 2 aromatic rings. The van der Waals surface area contributed by atoms with E-state index in [1.54, 1.807) is 18.2 Å². The Hall–Kier alpha value is -2.26. The minimum Gasteiger partial charge on any atom is -0.491 e. The van der Waals surface area contributed by atoms with Gasteiger partial charge in [0.05, 0.1) is 6.54 Å². The highest BCUT2D eigenvalue weighted by Gasteiger charge is 2.00. The van der Waals surface area contributed by atoms with Crippen LogP contribution in [0.3, 0.4) is 0 Å². The topological polar surface area (TPSA) is 38.3 Å². The molecule has 1 amide bonds. The molecular weight excluding hydrogens is 310 g/mol. The zero-order valence-corrected chi connectivity index (χ0v) is 14.1. The van der Waals surface area contributed by atoms with E-state index in [0.29, 0.717) is 18.2 Å². The first kappa shape index (κ1) is 17.1. The molecule has 120 valence electrons. The minimum atomic E-state index is -0.149. The average Bonchev–Trinajstić information content (AvgIpc) is 2.54. The van der Waals surface area contributed by atoms with Gasteiger partial charge in [0.25, 0.3) is 0 Å². The molecule has 2 rings (SSSR count). The van der Waals surface area contributed by atoms with Crippen molar-refractivity contribution in [1.29, 1.82) is 0 Å². The van der Waals surface area contributed by atoms with Gasteiger partial charge in [-0.2, -0.15) is 0 Å². The van der Waals surface area contributed by atoms with Crippen LogP contribution in [0, 0.1) is 13.8 Å². The highest BCUT2D eigenvalue weighted by molar-refractivity contribution is 6.30. The maximum Gasteiger partial charge on any atom is 0.244 e. The molecule has 23 heavy (non-hydrogen) atoms. The van der Waals surface area contributed by atoms with Gasteiger partial charge in [-0.1, -0.05) is 35.9 Å². The Labute approximate surface area is 141 Å². The van der Waals surface area contributed by atoms with Gasteiger partial charge in [0.1, 0.15) is 12.4 Å². The summed E-state index contributed by atoms with van der Waals surface area (Å²) < 4.78 is 5.69. The van der Waals surface area contributed by atoms with Gasteiger partial charge in [0.15, 0.2) is 0 Å². The van der Waals surface area contributed by atoms with Crippen LogP contribution < -0.4 is 10.1 Å². The number of aryl methyl sites for hydroxylation is 2. The van der Waals surface area contributed by atoms with Crippen LogP contribution in [0.15, 0.2) is 48.5 Å². The normalized spacial score (nSPS) is 10.7. The quantitative estimate of drug-likeness (QED) is 0.638. The van der Waals surface area contributed by atoms with Gasteiger partial charge in [-0.3, -0.25) is 4.79 Å². The summed E-state index contributed by atoms with van der Waals surface area (Å²) in [6.07, 6.45) is 3.25. The lowest BCUT2D eigenvalue weighted by Crippen LogP contribution is -2.26. The monoisotopic (exact) mass is 329 g/mol. The summed E-state index contributed by atoms with van der Waals surface area (Å²) in [5.74, 6) is 0.709. The van der Waals surface area contributed by atoms with E-state index in [0.717, 1.165) is 22.4 Å². The fraction of sp³-hybridized carbons (Fsp3) is 0.211. The van der Waals surface area contributed by atoms with Crippen LogP contribution in [-0.4, -0.2) is 19.1 Å². The van der Waals surface area contributed by atoms with Crippen LogP contribution in [0.4, 0.5) is 0 Å². The Morgan fingerprint density at radius 3 is 2.65 bits per heavy atom. The van der Waals surface area contributed by atoms with Crippen LogP contribution in [0.25, 0.3) is 6.08 Å². The molecule has 0 saturated carbocycles. The summed E-state index contributed by atoms with van der Waals surface area (Å²) in [6, 6.07) is 13.4. The summed E-state index contributed by atoms with van der Waals surface area (Å²) in [4.78, 5) is 11.7. The molecule has 0 bridgehead atoms. The lowest BCUT2D eigenvalue weighted by atomic mass is 10.1. The third-order valence-electron chi connectivity index (χ3n) is 3.30. The van der Waals surface area contributed by atoms with Crippen molar-refractivity contribution in [2.45, 2.75) is 13.8 Å². The predicted molar refractivity (Wildman–Crippen MR) is 94.9 cm³/mol. The van der Waals surface area contributed by atoms with E-state index < -0.39 is 0 Å². The average molecular weight is 330 g/mol. The lowest BCUT2D eigenvalue weighted by Gasteiger charge is -2.10. The molecule has 2 aromatic carbocycles. The largest absolute Gasteiger partial charge is 0.491 e. The Morgan fingerprint density at radius 2 is 1.91 bits per heavy atom. The number of ether oxygens (including phenoxy) is 1. The number of carbonyl (C=O) groups is 1. The van der Waals surface area contributed by atoms with Crippen LogP contribution in [-0.2, 0) is 4.79 Å². The summed E-state index contributed by atoms with van der Waals surface area (Å²) in [5.41, 5.74) is 3.17. The Morgan fingerprint density at radius 1 is 1.17 bits per heavy atom. The van der Waals surface area contributed by atoms with E-state index in [4.69, 9.17) is 16.3 Å². The standard InChI is InChI=1S/C19H20ClNO2/c1-14-3-4-15(2)18(13-14)23-12-11-21-19(22)10-7-16-5-8-17(20)9-6-16/h3-10,13H,11-12H2,1-2H3,(H,21,22)/b10-7+. The third-order valence-corrected chi connectivity index (χ3v) is 3.55. The van der Waals surface area contributed by atoms with Crippen LogP contribution in [0.5, 0.6) is 5.75 Å². The predicted octanol–water partition coefficient (Wildman–Crippen LogP) is 4.17. The van der Waals surface area contributed by atoms with Crippen LogP contribution in [0.1, 0.15) is 16.7 Å². The molecule has 0 aliphatic heterocycles. The molecule has 0 fully saturated rings. The SMILES string of the molecule is Cc1ccc(C)c(OCCNC(=O)/C=C/c2ccc(Cl)cc2)c1. The smallest absolute Gasteiger partial charge is 0.244 e. The number of hydrogen-bond acceptors (Lipinski definition) is 2. The minimum absolute atomic E-state index is 0.149. The van der Waals surface area contributed by atoms with Gasteiger partial charge < -0.3 is 10.1 Å². The molecule has 1 N–H and O–H groups in total. The zero-order valence-electron chi connectivity index (χ0n) is 13.3. The molecule has 3 nitrogen and oxygen atoms in total. The van der Waals surface area contributed by atoms with E-state index in [1.165, 1.54) is 6.08 Å². The van der Waals surface area contributed by atoms with E-state index in [-0.39, 0.29) is 5.91 Å². The van der Waals surface area contributed by atoms with Gasteiger partial charge in [-0.15, -0.1) is 0 Å². The van der Waals surface area contributed by atoms with Crippen molar-refractivity contribution in [2.75, 3.05) is 13.2 Å². The summed E-state index contributed by atoms with van der Waals surface area (Å²) in [5, 5.41) is 3.47. The first-order chi connectivity index (χ1) is 11.0. The van der Waals surface area contributed by atoms with Gasteiger partial charge in [-0.05, 0) is 54.8 Å². The molecular formula is C19H20ClNO2. The first-order valence-electron chi connectivity index (χ1n) is 7.46. The molecule has 0 aliphatic rings. The highest BCUT2D eigenvalue weighted by Crippen LogP contribution is 2.18. The fourth-order valence-corrected chi connectivity index (χ4v) is 2.13. The van der Waals surface area contributed by atoms with E-state index in [9.17, 15) is 4.79 Å². The van der Waals surface area contributed by atoms with Gasteiger partial charge in [-0.25, -0.2) is 0 Å². The second kappa shape index (κ2) is 8.39. The number of carbonyl (C=O) groups excluding carboxylic acids is 1. The molecule has 0 heterocycles. The number of benzene rings is 2. The molecule has 4 heteroatoms. The van der Waals surface area contributed by atoms with E-state index in [1.807, 2.05) is 44.2 Å².